The molecule has 0 radical (unpaired) electrons. The molecule has 0 aliphatic heterocycles. The van der Waals surface area contributed by atoms with E-state index in [0.29, 0.717) is 25.8 Å². The van der Waals surface area contributed by atoms with Crippen LogP contribution < -0.4 is 5.32 Å². The molecule has 2 atom stereocenters. The molecule has 4 nitrogen and oxygen atoms in total. The molecule has 5 heteroatoms. The average Bonchev–Trinajstić information content (AvgIpc) is 2.89. The van der Waals surface area contributed by atoms with Gasteiger partial charge < -0.3 is 10.2 Å². The second-order valence-electron chi connectivity index (χ2n) is 11.1. The van der Waals surface area contributed by atoms with Crippen molar-refractivity contribution >= 4 is 27.7 Å². The lowest BCUT2D eigenvalue weighted by atomic mass is 9.86. The van der Waals surface area contributed by atoms with Gasteiger partial charge in [0.1, 0.15) is 6.04 Å². The SMILES string of the molecule is CC[C@@H](C)NC(=O)[C@H](Cc1ccccc1)N(Cc1cccc(Br)c1)C(=O)CCc1ccc(C(C)(C)C)cc1. The first-order chi connectivity index (χ1) is 18.1. The van der Waals surface area contributed by atoms with Crippen LogP contribution in [0.2, 0.25) is 0 Å². The first kappa shape index (κ1) is 29.6. The molecule has 0 bridgehead atoms. The van der Waals surface area contributed by atoms with Gasteiger partial charge in [0.25, 0.3) is 0 Å². The van der Waals surface area contributed by atoms with Gasteiger partial charge in [0.2, 0.25) is 11.8 Å². The number of hydrogen-bond donors (Lipinski definition) is 1. The van der Waals surface area contributed by atoms with Crippen LogP contribution in [0.3, 0.4) is 0 Å². The van der Waals surface area contributed by atoms with E-state index in [-0.39, 0.29) is 23.3 Å². The van der Waals surface area contributed by atoms with E-state index in [1.165, 1.54) is 5.56 Å². The van der Waals surface area contributed by atoms with Gasteiger partial charge in [-0.2, -0.15) is 0 Å². The average molecular weight is 578 g/mol. The van der Waals surface area contributed by atoms with Crippen molar-refractivity contribution in [2.45, 2.75) is 84.3 Å². The van der Waals surface area contributed by atoms with E-state index in [1.807, 2.05) is 68.4 Å². The molecule has 0 aliphatic carbocycles. The van der Waals surface area contributed by atoms with E-state index in [0.717, 1.165) is 27.6 Å². The summed E-state index contributed by atoms with van der Waals surface area (Å²) >= 11 is 3.55. The maximum absolute atomic E-state index is 13.9. The van der Waals surface area contributed by atoms with Crippen LogP contribution in [0.4, 0.5) is 0 Å². The van der Waals surface area contributed by atoms with Gasteiger partial charge in [-0.3, -0.25) is 9.59 Å². The summed E-state index contributed by atoms with van der Waals surface area (Å²) in [5.41, 5.74) is 4.49. The number of nitrogens with zero attached hydrogens (tertiary/aromatic N) is 1. The van der Waals surface area contributed by atoms with Crippen molar-refractivity contribution in [1.29, 1.82) is 0 Å². The van der Waals surface area contributed by atoms with Crippen LogP contribution in [0.15, 0.2) is 83.3 Å². The van der Waals surface area contributed by atoms with E-state index in [1.54, 1.807) is 4.90 Å². The van der Waals surface area contributed by atoms with Gasteiger partial charge in [-0.25, -0.2) is 0 Å². The minimum Gasteiger partial charge on any atom is -0.352 e. The van der Waals surface area contributed by atoms with Crippen molar-refractivity contribution in [1.82, 2.24) is 10.2 Å². The van der Waals surface area contributed by atoms with E-state index in [2.05, 4.69) is 66.3 Å². The van der Waals surface area contributed by atoms with Crippen LogP contribution in [0, 0.1) is 0 Å². The van der Waals surface area contributed by atoms with Crippen molar-refractivity contribution in [3.8, 4) is 0 Å². The highest BCUT2D eigenvalue weighted by Gasteiger charge is 2.30. The fourth-order valence-electron chi connectivity index (χ4n) is 4.39. The Morgan fingerprint density at radius 3 is 2.16 bits per heavy atom. The van der Waals surface area contributed by atoms with E-state index in [9.17, 15) is 9.59 Å². The largest absolute Gasteiger partial charge is 0.352 e. The summed E-state index contributed by atoms with van der Waals surface area (Å²) in [6, 6.07) is 25.8. The summed E-state index contributed by atoms with van der Waals surface area (Å²) in [6.07, 6.45) is 2.26. The lowest BCUT2D eigenvalue weighted by molar-refractivity contribution is -0.141. The zero-order valence-electron chi connectivity index (χ0n) is 23.3. The molecule has 0 saturated carbocycles. The number of hydrogen-bond acceptors (Lipinski definition) is 2. The Hall–Kier alpha value is -2.92. The third kappa shape index (κ3) is 8.83. The first-order valence-corrected chi connectivity index (χ1v) is 14.3. The second-order valence-corrected chi connectivity index (χ2v) is 12.0. The number of amides is 2. The fourth-order valence-corrected chi connectivity index (χ4v) is 4.84. The van der Waals surface area contributed by atoms with Crippen molar-refractivity contribution in [3.63, 3.8) is 0 Å². The molecule has 3 aromatic carbocycles. The highest BCUT2D eigenvalue weighted by atomic mass is 79.9. The minimum atomic E-state index is -0.610. The summed E-state index contributed by atoms with van der Waals surface area (Å²) in [6.45, 7) is 11.0. The van der Waals surface area contributed by atoms with Crippen molar-refractivity contribution in [2.24, 2.45) is 0 Å². The predicted octanol–water partition coefficient (Wildman–Crippen LogP) is 7.23. The topological polar surface area (TPSA) is 49.4 Å². The molecule has 0 heterocycles. The van der Waals surface area contributed by atoms with Gasteiger partial charge >= 0.3 is 0 Å². The summed E-state index contributed by atoms with van der Waals surface area (Å²) in [7, 11) is 0. The summed E-state index contributed by atoms with van der Waals surface area (Å²) in [5, 5.41) is 3.13. The number of carbonyl (C=O) groups excluding carboxylic acids is 2. The number of aryl methyl sites for hydroxylation is 1. The maximum atomic E-state index is 13.9. The van der Waals surface area contributed by atoms with Crippen LogP contribution in [0.1, 0.15) is 69.7 Å². The van der Waals surface area contributed by atoms with Gasteiger partial charge in [-0.05, 0) is 59.6 Å². The molecule has 0 aliphatic rings. The molecular formula is C33H41BrN2O2. The molecule has 0 saturated heterocycles. The lowest BCUT2D eigenvalue weighted by Crippen LogP contribution is -2.52. The minimum absolute atomic E-state index is 0.0230. The normalized spacial score (nSPS) is 13.0. The van der Waals surface area contributed by atoms with Crippen LogP contribution in [0.5, 0.6) is 0 Å². The Morgan fingerprint density at radius 1 is 0.895 bits per heavy atom. The quantitative estimate of drug-likeness (QED) is 0.261. The Balaban J connectivity index is 1.89. The molecule has 3 rings (SSSR count). The zero-order chi connectivity index (χ0) is 27.7. The number of carbonyl (C=O) groups is 2. The van der Waals surface area contributed by atoms with Gasteiger partial charge in [-0.15, -0.1) is 0 Å². The number of halogens is 1. The van der Waals surface area contributed by atoms with Gasteiger partial charge in [0.15, 0.2) is 0 Å². The van der Waals surface area contributed by atoms with Gasteiger partial charge in [0.05, 0.1) is 0 Å². The molecule has 0 spiro atoms. The Morgan fingerprint density at radius 2 is 1.55 bits per heavy atom. The number of nitrogens with one attached hydrogen (secondary N) is 1. The maximum Gasteiger partial charge on any atom is 0.243 e. The van der Waals surface area contributed by atoms with Gasteiger partial charge in [-0.1, -0.05) is 110 Å². The second kappa shape index (κ2) is 13.7. The Kier molecular flexibility index (Phi) is 10.7. The summed E-state index contributed by atoms with van der Waals surface area (Å²) < 4.78 is 0.949. The van der Waals surface area contributed by atoms with Crippen LogP contribution in [-0.2, 0) is 34.4 Å². The van der Waals surface area contributed by atoms with Crippen LogP contribution >= 0.6 is 15.9 Å². The third-order valence-electron chi connectivity index (χ3n) is 6.96. The highest BCUT2D eigenvalue weighted by molar-refractivity contribution is 9.10. The molecule has 2 amide bonds. The highest BCUT2D eigenvalue weighted by Crippen LogP contribution is 2.23. The van der Waals surface area contributed by atoms with E-state index in [4.69, 9.17) is 0 Å². The molecule has 202 valence electrons. The molecule has 0 unspecified atom stereocenters. The third-order valence-corrected chi connectivity index (χ3v) is 7.45. The Bertz CT molecular complexity index is 1190. The monoisotopic (exact) mass is 576 g/mol. The molecule has 1 N–H and O–H groups in total. The van der Waals surface area contributed by atoms with Crippen molar-refractivity contribution in [3.05, 3.63) is 106 Å². The van der Waals surface area contributed by atoms with E-state index < -0.39 is 6.04 Å². The van der Waals surface area contributed by atoms with Crippen molar-refractivity contribution in [2.75, 3.05) is 0 Å². The van der Waals surface area contributed by atoms with E-state index >= 15 is 0 Å². The van der Waals surface area contributed by atoms with Gasteiger partial charge in [0, 0.05) is 29.9 Å². The summed E-state index contributed by atoms with van der Waals surface area (Å²) in [5.74, 6) is -0.133. The Labute approximate surface area is 237 Å². The molecule has 38 heavy (non-hydrogen) atoms. The summed E-state index contributed by atoms with van der Waals surface area (Å²) in [4.78, 5) is 29.2. The molecule has 3 aromatic rings. The lowest BCUT2D eigenvalue weighted by Gasteiger charge is -2.32. The number of rotatable bonds is 11. The predicted molar refractivity (Wildman–Crippen MR) is 160 cm³/mol. The fraction of sp³-hybridized carbons (Fsp3) is 0.394. The molecule has 0 fully saturated rings. The molecular weight excluding hydrogens is 536 g/mol. The first-order valence-electron chi connectivity index (χ1n) is 13.5. The zero-order valence-corrected chi connectivity index (χ0v) is 24.9. The smallest absolute Gasteiger partial charge is 0.243 e. The number of benzene rings is 3. The molecule has 0 aromatic heterocycles. The van der Waals surface area contributed by atoms with Crippen molar-refractivity contribution < 1.29 is 9.59 Å². The van der Waals surface area contributed by atoms with Crippen LogP contribution in [-0.4, -0.2) is 28.8 Å². The standard InChI is InChI=1S/C33H41BrN2O2/c1-6-24(2)35-32(38)30(22-26-11-8-7-9-12-26)36(23-27-13-10-14-29(34)21-27)31(37)20-17-25-15-18-28(19-16-25)33(3,4)5/h7-16,18-19,21,24,30H,6,17,20,22-23H2,1-5H3,(H,35,38)/t24-,30+/m1/s1. The van der Waals surface area contributed by atoms with Crippen LogP contribution in [0.25, 0.3) is 0 Å².